The molecule has 2 heterocycles. The van der Waals surface area contributed by atoms with Crippen molar-refractivity contribution in [2.24, 2.45) is 5.92 Å². The van der Waals surface area contributed by atoms with E-state index >= 15 is 0 Å². The zero-order valence-corrected chi connectivity index (χ0v) is 29.0. The van der Waals surface area contributed by atoms with Gasteiger partial charge in [-0.2, -0.15) is 0 Å². The van der Waals surface area contributed by atoms with Crippen molar-refractivity contribution in [3.05, 3.63) is 120 Å². The fourth-order valence-corrected chi connectivity index (χ4v) is 7.47. The predicted octanol–water partition coefficient (Wildman–Crippen LogP) is 6.14. The molecule has 11 heteroatoms. The second-order valence-corrected chi connectivity index (χ2v) is 15.9. The van der Waals surface area contributed by atoms with Crippen molar-refractivity contribution >= 4 is 40.7 Å². The molecule has 0 spiro atoms. The second-order valence-electron chi connectivity index (χ2n) is 12.6. The van der Waals surface area contributed by atoms with Crippen LogP contribution in [0.4, 0.5) is 0 Å². The first kappa shape index (κ1) is 35.5. The summed E-state index contributed by atoms with van der Waals surface area (Å²) >= 11 is 1.41. The largest absolute Gasteiger partial charge is 0.452 e. The SMILES string of the molecule is C[C@H]1/C=C\CCS[C@H]2O[C@H]([C@@H]1N[S@](=O)C(C)(C)C)[C@H](OC(=O)c1ccccc1)[C@H](OC(=O)c1ccccc1)[C@H]2OC(=O)c1ccccc1. The maximum absolute atomic E-state index is 13.7. The maximum atomic E-state index is 13.7. The number of fused-ring (bicyclic) bond motifs is 2. The Kier molecular flexibility index (Phi) is 11.9. The highest BCUT2D eigenvalue weighted by molar-refractivity contribution is 7.99. The van der Waals surface area contributed by atoms with Crippen LogP contribution in [0.15, 0.2) is 103 Å². The van der Waals surface area contributed by atoms with Crippen molar-refractivity contribution in [1.82, 2.24) is 4.72 Å². The van der Waals surface area contributed by atoms with Crippen LogP contribution in [-0.4, -0.2) is 68.5 Å². The van der Waals surface area contributed by atoms with Gasteiger partial charge >= 0.3 is 17.9 Å². The molecule has 2 aliphatic rings. The molecule has 0 saturated carbocycles. The van der Waals surface area contributed by atoms with Crippen molar-refractivity contribution in [2.45, 2.75) is 74.8 Å². The normalized spacial score (nSPS) is 27.1. The summed E-state index contributed by atoms with van der Waals surface area (Å²) in [7, 11) is -1.55. The van der Waals surface area contributed by atoms with Crippen molar-refractivity contribution in [1.29, 1.82) is 0 Å². The summed E-state index contributed by atoms with van der Waals surface area (Å²) < 4.78 is 41.6. The number of thioether (sulfide) groups is 1. The van der Waals surface area contributed by atoms with Crippen LogP contribution < -0.4 is 4.72 Å². The minimum Gasteiger partial charge on any atom is -0.452 e. The lowest BCUT2D eigenvalue weighted by atomic mass is 9.87. The van der Waals surface area contributed by atoms with E-state index in [4.69, 9.17) is 18.9 Å². The Morgan fingerprint density at radius 2 is 1.21 bits per heavy atom. The number of hydrogen-bond acceptors (Lipinski definition) is 9. The molecule has 2 aliphatic heterocycles. The highest BCUT2D eigenvalue weighted by Gasteiger charge is 2.55. The standard InChI is InChI=1S/C37H41NO8S2/c1-24-16-14-15-23-47-36-32(45-35(41)27-21-12-7-13-22-27)31(44-34(40)26-19-10-6-11-20-26)30(43-33(39)25-17-8-5-9-18-25)29(46-36)28(24)38-48(42)37(2,3)4/h5-14,16-22,24,28-32,36,38H,15,23H2,1-4H3/b16-14-/t24-,28+,29+,30-,31-,32+,36+,48+/m0/s1. The van der Waals surface area contributed by atoms with Gasteiger partial charge in [-0.1, -0.05) is 73.7 Å². The van der Waals surface area contributed by atoms with Crippen molar-refractivity contribution in [3.63, 3.8) is 0 Å². The van der Waals surface area contributed by atoms with Gasteiger partial charge < -0.3 is 18.9 Å². The van der Waals surface area contributed by atoms with Crippen LogP contribution in [-0.2, 0) is 29.9 Å². The van der Waals surface area contributed by atoms with E-state index in [9.17, 15) is 18.6 Å². The van der Waals surface area contributed by atoms with E-state index < -0.39 is 69.5 Å². The van der Waals surface area contributed by atoms with Crippen LogP contribution >= 0.6 is 11.8 Å². The first-order valence-electron chi connectivity index (χ1n) is 15.9. The summed E-state index contributed by atoms with van der Waals surface area (Å²) in [6.45, 7) is 7.53. The highest BCUT2D eigenvalue weighted by Crippen LogP contribution is 2.38. The van der Waals surface area contributed by atoms with E-state index in [1.54, 1.807) is 91.0 Å². The number of benzene rings is 3. The Morgan fingerprint density at radius 3 is 1.69 bits per heavy atom. The summed E-state index contributed by atoms with van der Waals surface area (Å²) in [4.78, 5) is 41.1. The van der Waals surface area contributed by atoms with Gasteiger partial charge in [-0.25, -0.2) is 23.3 Å². The van der Waals surface area contributed by atoms with Gasteiger partial charge in [-0.15, -0.1) is 11.8 Å². The minimum absolute atomic E-state index is 0.253. The number of hydrogen-bond donors (Lipinski definition) is 1. The molecule has 0 aliphatic carbocycles. The van der Waals surface area contributed by atoms with Gasteiger partial charge in [0.15, 0.2) is 18.3 Å². The molecular formula is C37H41NO8S2. The molecule has 0 aromatic heterocycles. The van der Waals surface area contributed by atoms with Crippen LogP contribution in [0.5, 0.6) is 0 Å². The lowest BCUT2D eigenvalue weighted by Crippen LogP contribution is -2.66. The molecule has 3 aromatic carbocycles. The zero-order chi connectivity index (χ0) is 34.3. The van der Waals surface area contributed by atoms with Crippen molar-refractivity contribution in [3.8, 4) is 0 Å². The smallest absolute Gasteiger partial charge is 0.338 e. The number of carbonyl (C=O) groups is 3. The minimum atomic E-state index is -1.55. The number of allylic oxidation sites excluding steroid dienone is 1. The molecule has 0 radical (unpaired) electrons. The summed E-state index contributed by atoms with van der Waals surface area (Å²) in [5.41, 5.74) is 0.0172. The number of ether oxygens (including phenoxy) is 4. The van der Waals surface area contributed by atoms with Gasteiger partial charge in [0, 0.05) is 0 Å². The van der Waals surface area contributed by atoms with Crippen LogP contribution in [0.25, 0.3) is 0 Å². The third-order valence-electron chi connectivity index (χ3n) is 8.01. The Balaban J connectivity index is 1.63. The first-order chi connectivity index (χ1) is 23.0. The molecule has 0 unspecified atom stereocenters. The Hall–Kier alpha value is -3.77. The number of esters is 3. The van der Waals surface area contributed by atoms with E-state index in [1.165, 1.54) is 11.8 Å². The van der Waals surface area contributed by atoms with Gasteiger partial charge in [0.2, 0.25) is 0 Å². The molecule has 1 fully saturated rings. The molecule has 254 valence electrons. The van der Waals surface area contributed by atoms with Crippen LogP contribution in [0.3, 0.4) is 0 Å². The third kappa shape index (κ3) is 8.82. The number of carbonyl (C=O) groups excluding carboxylic acids is 3. The van der Waals surface area contributed by atoms with Gasteiger partial charge in [0.25, 0.3) is 0 Å². The summed E-state index contributed by atoms with van der Waals surface area (Å²) in [6, 6.07) is 24.7. The van der Waals surface area contributed by atoms with E-state index in [2.05, 4.69) is 10.8 Å². The van der Waals surface area contributed by atoms with Gasteiger partial charge in [0.05, 0.1) is 38.5 Å². The average molecular weight is 692 g/mol. The van der Waals surface area contributed by atoms with Crippen molar-refractivity contribution < 1.29 is 37.5 Å². The average Bonchev–Trinajstić information content (AvgIpc) is 3.09. The monoisotopic (exact) mass is 691 g/mol. The van der Waals surface area contributed by atoms with E-state index in [0.717, 1.165) is 0 Å². The summed E-state index contributed by atoms with van der Waals surface area (Å²) in [6.07, 6.45) is 0.0418. The molecule has 9 nitrogen and oxygen atoms in total. The molecule has 1 N–H and O–H groups in total. The second kappa shape index (κ2) is 16.1. The predicted molar refractivity (Wildman–Crippen MR) is 186 cm³/mol. The molecule has 3 aromatic rings. The summed E-state index contributed by atoms with van der Waals surface area (Å²) in [5, 5.41) is 0. The number of rotatable bonds is 8. The van der Waals surface area contributed by atoms with Gasteiger partial charge in [0.1, 0.15) is 11.5 Å². The van der Waals surface area contributed by atoms with Gasteiger partial charge in [-0.05, 0) is 75.3 Å². The Morgan fingerprint density at radius 1 is 0.750 bits per heavy atom. The molecule has 8 atom stereocenters. The van der Waals surface area contributed by atoms with E-state index in [1.807, 2.05) is 33.8 Å². The lowest BCUT2D eigenvalue weighted by molar-refractivity contribution is -0.207. The molecule has 5 rings (SSSR count). The van der Waals surface area contributed by atoms with Crippen LogP contribution in [0.2, 0.25) is 0 Å². The fourth-order valence-electron chi connectivity index (χ4n) is 5.41. The van der Waals surface area contributed by atoms with Crippen molar-refractivity contribution in [2.75, 3.05) is 5.75 Å². The zero-order valence-electron chi connectivity index (χ0n) is 27.4. The van der Waals surface area contributed by atoms with Crippen LogP contribution in [0.1, 0.15) is 65.2 Å². The molecule has 2 bridgehead atoms. The van der Waals surface area contributed by atoms with E-state index in [0.29, 0.717) is 17.7 Å². The first-order valence-corrected chi connectivity index (χ1v) is 18.1. The molecule has 48 heavy (non-hydrogen) atoms. The quantitative estimate of drug-likeness (QED) is 0.169. The number of nitrogens with one attached hydrogen (secondary N) is 1. The van der Waals surface area contributed by atoms with Gasteiger partial charge in [-0.3, -0.25) is 0 Å². The molecule has 1 saturated heterocycles. The lowest BCUT2D eigenvalue weighted by Gasteiger charge is -2.48. The highest BCUT2D eigenvalue weighted by atomic mass is 32.2. The fraction of sp³-hybridized carbons (Fsp3) is 0.378. The third-order valence-corrected chi connectivity index (χ3v) is 10.8. The van der Waals surface area contributed by atoms with E-state index in [-0.39, 0.29) is 17.0 Å². The molecular weight excluding hydrogens is 651 g/mol. The Labute approximate surface area is 288 Å². The maximum Gasteiger partial charge on any atom is 0.338 e. The topological polar surface area (TPSA) is 117 Å². The Bertz CT molecular complexity index is 1600. The molecule has 0 amide bonds. The summed E-state index contributed by atoms with van der Waals surface area (Å²) in [5.74, 6) is -1.66. The van der Waals surface area contributed by atoms with Crippen LogP contribution in [0, 0.1) is 5.92 Å².